The molecule has 2 rings (SSSR count). The molecule has 3 heteroatoms. The smallest absolute Gasteiger partial charge is 0.122 e. The van der Waals surface area contributed by atoms with Crippen LogP contribution in [0, 0.1) is 0 Å². The highest BCUT2D eigenvalue weighted by Crippen LogP contribution is 2.29. The second-order valence-electron chi connectivity index (χ2n) is 5.21. The molecular weight excluding hydrogens is 226 g/mol. The van der Waals surface area contributed by atoms with Gasteiger partial charge in [-0.1, -0.05) is 32.0 Å². The summed E-state index contributed by atoms with van der Waals surface area (Å²) in [4.78, 5) is 2.39. The first-order valence-electron chi connectivity index (χ1n) is 6.79. The van der Waals surface area contributed by atoms with Crippen LogP contribution in [0.25, 0.3) is 0 Å². The van der Waals surface area contributed by atoms with E-state index in [2.05, 4.69) is 18.7 Å². The van der Waals surface area contributed by atoms with Crippen LogP contribution >= 0.6 is 0 Å². The first-order chi connectivity index (χ1) is 8.68. The fraction of sp³-hybridized carbons (Fsp3) is 0.600. The van der Waals surface area contributed by atoms with Crippen LogP contribution in [-0.4, -0.2) is 42.9 Å². The highest BCUT2D eigenvalue weighted by atomic mass is 16.5. The van der Waals surface area contributed by atoms with Gasteiger partial charge in [0.05, 0.1) is 13.2 Å². The van der Waals surface area contributed by atoms with Crippen molar-refractivity contribution in [2.24, 2.45) is 0 Å². The van der Waals surface area contributed by atoms with Crippen molar-refractivity contribution in [2.75, 3.05) is 32.8 Å². The lowest BCUT2D eigenvalue weighted by molar-refractivity contribution is 0.0384. The average Bonchev–Trinajstić information content (AvgIpc) is 2.38. The number of hydrogen-bond acceptors (Lipinski definition) is 3. The number of aromatic hydroxyl groups is 1. The molecule has 0 bridgehead atoms. The van der Waals surface area contributed by atoms with E-state index in [1.165, 1.54) is 0 Å². The van der Waals surface area contributed by atoms with E-state index in [1.54, 1.807) is 0 Å². The molecule has 1 aliphatic rings. The predicted octanol–water partition coefficient (Wildman–Crippen LogP) is 2.39. The molecule has 0 aliphatic carbocycles. The standard InChI is InChI=1S/C15H23NO2/c1-12(2)14-5-3-4-13(15(14)17)6-7-16-8-10-18-11-9-16/h3-5,12,17H,6-11H2,1-2H3. The Bertz CT molecular complexity index is 384. The van der Waals surface area contributed by atoms with E-state index in [9.17, 15) is 5.11 Å². The average molecular weight is 249 g/mol. The Labute approximate surface area is 109 Å². The van der Waals surface area contributed by atoms with Crippen LogP contribution in [0.2, 0.25) is 0 Å². The van der Waals surface area contributed by atoms with Crippen LogP contribution in [0.1, 0.15) is 30.9 Å². The normalized spacial score (nSPS) is 17.3. The van der Waals surface area contributed by atoms with Gasteiger partial charge in [-0.25, -0.2) is 0 Å². The summed E-state index contributed by atoms with van der Waals surface area (Å²) in [5, 5.41) is 10.2. The zero-order valence-electron chi connectivity index (χ0n) is 11.4. The molecule has 0 saturated carbocycles. The zero-order valence-corrected chi connectivity index (χ0v) is 11.4. The minimum Gasteiger partial charge on any atom is -0.507 e. The van der Waals surface area contributed by atoms with Crippen molar-refractivity contribution in [1.29, 1.82) is 0 Å². The zero-order chi connectivity index (χ0) is 13.0. The second-order valence-corrected chi connectivity index (χ2v) is 5.21. The van der Waals surface area contributed by atoms with E-state index < -0.39 is 0 Å². The topological polar surface area (TPSA) is 32.7 Å². The molecule has 1 saturated heterocycles. The minimum absolute atomic E-state index is 0.369. The van der Waals surface area contributed by atoms with Gasteiger partial charge >= 0.3 is 0 Å². The third-order valence-corrected chi connectivity index (χ3v) is 3.57. The molecule has 18 heavy (non-hydrogen) atoms. The van der Waals surface area contributed by atoms with Crippen molar-refractivity contribution in [2.45, 2.75) is 26.2 Å². The SMILES string of the molecule is CC(C)c1cccc(CCN2CCOCC2)c1O. The Morgan fingerprint density at radius 2 is 2.00 bits per heavy atom. The number of ether oxygens (including phenoxy) is 1. The van der Waals surface area contributed by atoms with Crippen LogP contribution < -0.4 is 0 Å². The molecule has 1 heterocycles. The maximum atomic E-state index is 10.2. The third kappa shape index (κ3) is 3.24. The van der Waals surface area contributed by atoms with Gasteiger partial charge in [0.15, 0.2) is 0 Å². The number of para-hydroxylation sites is 1. The first kappa shape index (κ1) is 13.4. The second kappa shape index (κ2) is 6.21. The number of benzene rings is 1. The van der Waals surface area contributed by atoms with Gasteiger partial charge in [0.1, 0.15) is 5.75 Å². The summed E-state index contributed by atoms with van der Waals surface area (Å²) >= 11 is 0. The number of hydrogen-bond donors (Lipinski definition) is 1. The fourth-order valence-electron chi connectivity index (χ4n) is 2.38. The molecule has 0 spiro atoms. The molecule has 0 aromatic heterocycles. The lowest BCUT2D eigenvalue weighted by Crippen LogP contribution is -2.37. The largest absolute Gasteiger partial charge is 0.507 e. The maximum absolute atomic E-state index is 10.2. The molecule has 3 nitrogen and oxygen atoms in total. The third-order valence-electron chi connectivity index (χ3n) is 3.57. The predicted molar refractivity (Wildman–Crippen MR) is 73.2 cm³/mol. The molecule has 1 aliphatic heterocycles. The maximum Gasteiger partial charge on any atom is 0.122 e. The molecule has 1 N–H and O–H groups in total. The molecule has 100 valence electrons. The Kier molecular flexibility index (Phi) is 4.61. The summed E-state index contributed by atoms with van der Waals surface area (Å²) in [5.41, 5.74) is 2.11. The number of phenols is 1. The molecule has 1 aromatic rings. The Balaban J connectivity index is 1.98. The Morgan fingerprint density at radius 1 is 1.28 bits per heavy atom. The highest BCUT2D eigenvalue weighted by Gasteiger charge is 2.13. The van der Waals surface area contributed by atoms with Crippen molar-refractivity contribution >= 4 is 0 Å². The highest BCUT2D eigenvalue weighted by molar-refractivity contribution is 5.42. The minimum atomic E-state index is 0.369. The monoisotopic (exact) mass is 249 g/mol. The van der Waals surface area contributed by atoms with Gasteiger partial charge in [0.2, 0.25) is 0 Å². The van der Waals surface area contributed by atoms with Crippen LogP contribution in [0.5, 0.6) is 5.75 Å². The van der Waals surface area contributed by atoms with Crippen LogP contribution in [0.3, 0.4) is 0 Å². The number of nitrogens with zero attached hydrogens (tertiary/aromatic N) is 1. The van der Waals surface area contributed by atoms with Crippen LogP contribution in [0.15, 0.2) is 18.2 Å². The summed E-state index contributed by atoms with van der Waals surface area (Å²) in [6.45, 7) is 8.89. The molecular formula is C15H23NO2. The molecule has 0 atom stereocenters. The van der Waals surface area contributed by atoms with Gasteiger partial charge in [0, 0.05) is 19.6 Å². The van der Waals surface area contributed by atoms with Gasteiger partial charge in [-0.3, -0.25) is 4.90 Å². The van der Waals surface area contributed by atoms with E-state index in [4.69, 9.17) is 4.74 Å². The van der Waals surface area contributed by atoms with E-state index in [-0.39, 0.29) is 0 Å². The molecule has 1 aromatic carbocycles. The lowest BCUT2D eigenvalue weighted by Gasteiger charge is -2.26. The summed E-state index contributed by atoms with van der Waals surface area (Å²) < 4.78 is 5.33. The van der Waals surface area contributed by atoms with Crippen molar-refractivity contribution in [3.05, 3.63) is 29.3 Å². The molecule has 0 amide bonds. The summed E-state index contributed by atoms with van der Waals surface area (Å²) in [6.07, 6.45) is 0.909. The van der Waals surface area contributed by atoms with Gasteiger partial charge in [-0.2, -0.15) is 0 Å². The quantitative estimate of drug-likeness (QED) is 0.889. The van der Waals surface area contributed by atoms with E-state index in [1.807, 2.05) is 18.2 Å². The van der Waals surface area contributed by atoms with Crippen molar-refractivity contribution in [3.63, 3.8) is 0 Å². The molecule has 0 unspecified atom stereocenters. The van der Waals surface area contributed by atoms with E-state index in [0.717, 1.165) is 50.4 Å². The van der Waals surface area contributed by atoms with Crippen molar-refractivity contribution in [1.82, 2.24) is 4.90 Å². The summed E-state index contributed by atoms with van der Waals surface area (Å²) in [7, 11) is 0. The summed E-state index contributed by atoms with van der Waals surface area (Å²) in [5.74, 6) is 0.856. The number of rotatable bonds is 4. The fourth-order valence-corrected chi connectivity index (χ4v) is 2.38. The van der Waals surface area contributed by atoms with Gasteiger partial charge < -0.3 is 9.84 Å². The first-order valence-corrected chi connectivity index (χ1v) is 6.79. The van der Waals surface area contributed by atoms with Crippen LogP contribution in [0.4, 0.5) is 0 Å². The molecule has 0 radical (unpaired) electrons. The van der Waals surface area contributed by atoms with Crippen molar-refractivity contribution in [3.8, 4) is 5.75 Å². The van der Waals surface area contributed by atoms with Gasteiger partial charge in [0.25, 0.3) is 0 Å². The number of phenolic OH excluding ortho intramolecular Hbond substituents is 1. The Morgan fingerprint density at radius 3 is 2.67 bits per heavy atom. The van der Waals surface area contributed by atoms with Crippen LogP contribution in [-0.2, 0) is 11.2 Å². The summed E-state index contributed by atoms with van der Waals surface area (Å²) in [6, 6.07) is 6.09. The Hall–Kier alpha value is -1.06. The van der Waals surface area contributed by atoms with Gasteiger partial charge in [-0.15, -0.1) is 0 Å². The lowest BCUT2D eigenvalue weighted by atomic mass is 9.98. The van der Waals surface area contributed by atoms with E-state index >= 15 is 0 Å². The number of morpholine rings is 1. The van der Waals surface area contributed by atoms with Crippen molar-refractivity contribution < 1.29 is 9.84 Å². The van der Waals surface area contributed by atoms with E-state index in [0.29, 0.717) is 11.7 Å². The molecule has 1 fully saturated rings. The van der Waals surface area contributed by atoms with Gasteiger partial charge in [-0.05, 0) is 23.5 Å².